The number of halogens is 1. The first kappa shape index (κ1) is 13.6. The first-order valence-electron chi connectivity index (χ1n) is 6.96. The molecule has 0 amide bonds. The fourth-order valence-electron chi connectivity index (χ4n) is 2.84. The summed E-state index contributed by atoms with van der Waals surface area (Å²) in [5.41, 5.74) is 2.42. The van der Waals surface area contributed by atoms with Crippen LogP contribution in [0.5, 0.6) is 0 Å². The quantitative estimate of drug-likeness (QED) is 0.897. The number of nitrogens with one attached hydrogen (secondary N) is 1. The number of ether oxygens (including phenoxy) is 1. The van der Waals surface area contributed by atoms with Gasteiger partial charge in [0, 0.05) is 10.6 Å². The molecule has 3 heteroatoms. The molecule has 0 spiro atoms. The zero-order valence-corrected chi connectivity index (χ0v) is 12.5. The van der Waals surface area contributed by atoms with Crippen molar-refractivity contribution < 1.29 is 9.64 Å². The fraction of sp³-hybridized carbons (Fsp3) is 0.294. The summed E-state index contributed by atoms with van der Waals surface area (Å²) in [5.74, 6) is 0. The predicted molar refractivity (Wildman–Crippen MR) is 80.8 cm³/mol. The number of hydrogen-bond donors (Lipinski definition) is 1. The first-order chi connectivity index (χ1) is 9.66. The lowest BCUT2D eigenvalue weighted by Gasteiger charge is -2.18. The van der Waals surface area contributed by atoms with E-state index in [1.807, 2.05) is 18.2 Å². The van der Waals surface area contributed by atoms with Crippen molar-refractivity contribution in [2.24, 2.45) is 0 Å². The number of benzene rings is 2. The van der Waals surface area contributed by atoms with Gasteiger partial charge >= 0.3 is 0 Å². The Labute approximate surface area is 124 Å². The van der Waals surface area contributed by atoms with E-state index >= 15 is 0 Å². The van der Waals surface area contributed by atoms with E-state index in [9.17, 15) is 0 Å². The molecule has 1 fully saturated rings. The van der Waals surface area contributed by atoms with Gasteiger partial charge in [-0.2, -0.15) is 0 Å². The Kier molecular flexibility index (Phi) is 3.79. The van der Waals surface area contributed by atoms with Crippen LogP contribution in [0.25, 0.3) is 0 Å². The van der Waals surface area contributed by atoms with Crippen LogP contribution in [0.4, 0.5) is 0 Å². The molecule has 0 aromatic heterocycles. The molecule has 104 valence electrons. The third-order valence-corrected chi connectivity index (χ3v) is 4.42. The third-order valence-electron chi connectivity index (χ3n) is 4.17. The van der Waals surface area contributed by atoms with Crippen LogP contribution in [0, 0.1) is 0 Å². The molecular weight excluding hydrogens is 270 g/mol. The normalized spacial score (nSPS) is 29.6. The highest BCUT2D eigenvalue weighted by Gasteiger charge is 2.42. The number of quaternary nitrogens is 1. The van der Waals surface area contributed by atoms with Crippen molar-refractivity contribution in [2.75, 3.05) is 7.05 Å². The van der Waals surface area contributed by atoms with E-state index in [0.29, 0.717) is 6.04 Å². The number of likely N-dealkylation sites (N-methyl/N-ethyl adjacent to an activating group) is 1. The second-order valence-electron chi connectivity index (χ2n) is 5.43. The van der Waals surface area contributed by atoms with Gasteiger partial charge in [-0.3, -0.25) is 0 Å². The predicted octanol–water partition coefficient (Wildman–Crippen LogP) is 3.01. The molecule has 2 aromatic carbocycles. The highest BCUT2D eigenvalue weighted by Crippen LogP contribution is 2.31. The SMILES string of the molecule is C[C@H]1[C@@H](c2ccccc2)O[C@H](c2ccc(Cl)cc2)[NH+]1C. The lowest BCUT2D eigenvalue weighted by Crippen LogP contribution is -3.10. The Bertz CT molecular complexity index is 569. The summed E-state index contributed by atoms with van der Waals surface area (Å²) in [6, 6.07) is 18.8. The molecular formula is C17H19ClNO+. The average molecular weight is 289 g/mol. The van der Waals surface area contributed by atoms with Crippen molar-refractivity contribution in [3.63, 3.8) is 0 Å². The molecule has 1 saturated heterocycles. The van der Waals surface area contributed by atoms with Crippen LogP contribution in [-0.2, 0) is 4.74 Å². The van der Waals surface area contributed by atoms with Gasteiger partial charge in [0.15, 0.2) is 0 Å². The summed E-state index contributed by atoms with van der Waals surface area (Å²) < 4.78 is 6.32. The maximum absolute atomic E-state index is 6.32. The first-order valence-corrected chi connectivity index (χ1v) is 7.34. The van der Waals surface area contributed by atoms with E-state index in [2.05, 4.69) is 50.4 Å². The Morgan fingerprint density at radius 2 is 1.60 bits per heavy atom. The molecule has 1 aliphatic rings. The minimum Gasteiger partial charge on any atom is -0.311 e. The van der Waals surface area contributed by atoms with E-state index in [1.54, 1.807) is 0 Å². The maximum Gasteiger partial charge on any atom is 0.219 e. The summed E-state index contributed by atoms with van der Waals surface area (Å²) in [7, 11) is 2.19. The van der Waals surface area contributed by atoms with Gasteiger partial charge in [0.1, 0.15) is 12.1 Å². The summed E-state index contributed by atoms with van der Waals surface area (Å²) in [6.45, 7) is 2.24. The van der Waals surface area contributed by atoms with Crippen LogP contribution in [0.3, 0.4) is 0 Å². The highest BCUT2D eigenvalue weighted by atomic mass is 35.5. The van der Waals surface area contributed by atoms with Crippen molar-refractivity contribution >= 4 is 11.6 Å². The van der Waals surface area contributed by atoms with Crippen LogP contribution in [0.1, 0.15) is 30.4 Å². The molecule has 0 aliphatic carbocycles. The lowest BCUT2D eigenvalue weighted by molar-refractivity contribution is -0.933. The second-order valence-corrected chi connectivity index (χ2v) is 5.87. The van der Waals surface area contributed by atoms with E-state index < -0.39 is 0 Å². The summed E-state index contributed by atoms with van der Waals surface area (Å²) >= 11 is 5.96. The van der Waals surface area contributed by atoms with Gasteiger partial charge in [0.2, 0.25) is 6.23 Å². The molecule has 2 aromatic rings. The largest absolute Gasteiger partial charge is 0.311 e. The molecule has 2 nitrogen and oxygen atoms in total. The fourth-order valence-corrected chi connectivity index (χ4v) is 2.96. The summed E-state index contributed by atoms with van der Waals surface area (Å²) in [6.07, 6.45) is 0.198. The van der Waals surface area contributed by atoms with Crippen molar-refractivity contribution in [1.82, 2.24) is 0 Å². The second kappa shape index (κ2) is 5.57. The van der Waals surface area contributed by atoms with Crippen molar-refractivity contribution in [2.45, 2.75) is 25.3 Å². The zero-order chi connectivity index (χ0) is 14.1. The topological polar surface area (TPSA) is 13.7 Å². The van der Waals surface area contributed by atoms with E-state index in [0.717, 1.165) is 5.02 Å². The van der Waals surface area contributed by atoms with Gasteiger partial charge in [0.05, 0.1) is 7.05 Å². The minimum atomic E-state index is 0.0625. The van der Waals surface area contributed by atoms with Gasteiger partial charge in [-0.25, -0.2) is 0 Å². The Balaban J connectivity index is 1.87. The van der Waals surface area contributed by atoms with E-state index in [4.69, 9.17) is 16.3 Å². The molecule has 1 heterocycles. The molecule has 4 atom stereocenters. The van der Waals surface area contributed by atoms with Crippen LogP contribution in [0.15, 0.2) is 54.6 Å². The molecule has 1 N–H and O–H groups in total. The molecule has 0 bridgehead atoms. The van der Waals surface area contributed by atoms with Gasteiger partial charge in [-0.05, 0) is 36.8 Å². The lowest BCUT2D eigenvalue weighted by atomic mass is 10.0. The molecule has 1 aliphatic heterocycles. The highest BCUT2D eigenvalue weighted by molar-refractivity contribution is 6.30. The Hall–Kier alpha value is -1.35. The Morgan fingerprint density at radius 1 is 0.950 bits per heavy atom. The number of rotatable bonds is 2. The molecule has 0 saturated carbocycles. The van der Waals surface area contributed by atoms with Gasteiger partial charge in [0.25, 0.3) is 0 Å². The smallest absolute Gasteiger partial charge is 0.219 e. The van der Waals surface area contributed by atoms with Crippen LogP contribution < -0.4 is 4.90 Å². The van der Waals surface area contributed by atoms with Crippen LogP contribution >= 0.6 is 11.6 Å². The maximum atomic E-state index is 6.32. The van der Waals surface area contributed by atoms with Gasteiger partial charge in [-0.15, -0.1) is 0 Å². The van der Waals surface area contributed by atoms with Crippen molar-refractivity contribution in [1.29, 1.82) is 0 Å². The van der Waals surface area contributed by atoms with E-state index in [-0.39, 0.29) is 12.3 Å². The third kappa shape index (κ3) is 2.47. The molecule has 1 unspecified atom stereocenters. The molecule has 0 radical (unpaired) electrons. The average Bonchev–Trinajstić information content (AvgIpc) is 2.77. The number of hydrogen-bond acceptors (Lipinski definition) is 1. The van der Waals surface area contributed by atoms with Crippen LogP contribution in [-0.4, -0.2) is 13.1 Å². The minimum absolute atomic E-state index is 0.0625. The van der Waals surface area contributed by atoms with Crippen LogP contribution in [0.2, 0.25) is 5.02 Å². The van der Waals surface area contributed by atoms with Crippen molar-refractivity contribution in [3.05, 3.63) is 70.7 Å². The molecule has 3 rings (SSSR count). The summed E-state index contributed by atoms with van der Waals surface area (Å²) in [4.78, 5) is 1.38. The van der Waals surface area contributed by atoms with E-state index in [1.165, 1.54) is 16.0 Å². The van der Waals surface area contributed by atoms with Crippen molar-refractivity contribution in [3.8, 4) is 0 Å². The monoisotopic (exact) mass is 288 g/mol. The summed E-state index contributed by atoms with van der Waals surface area (Å²) in [5, 5.41) is 0.761. The molecule has 20 heavy (non-hydrogen) atoms. The standard InChI is InChI=1S/C17H18ClNO/c1-12-16(13-6-4-3-5-7-13)20-17(19(12)2)14-8-10-15(18)11-9-14/h3-12,16-17H,1-2H3/p+1/t12-,16-,17+/m0/s1. The van der Waals surface area contributed by atoms with Gasteiger partial charge in [-0.1, -0.05) is 41.9 Å². The van der Waals surface area contributed by atoms with Gasteiger partial charge < -0.3 is 9.64 Å². The zero-order valence-electron chi connectivity index (χ0n) is 11.7. The Morgan fingerprint density at radius 3 is 2.25 bits per heavy atom.